The fourth-order valence-electron chi connectivity index (χ4n) is 2.15. The van der Waals surface area contributed by atoms with Crippen molar-refractivity contribution in [3.8, 4) is 0 Å². The lowest BCUT2D eigenvalue weighted by atomic mass is 10.3. The van der Waals surface area contributed by atoms with Crippen molar-refractivity contribution >= 4 is 14.5 Å². The highest BCUT2D eigenvalue weighted by Crippen LogP contribution is 2.19. The lowest BCUT2D eigenvalue weighted by Gasteiger charge is -2.25. The topological polar surface area (TPSA) is 18.5 Å². The van der Waals surface area contributed by atoms with E-state index in [0.717, 1.165) is 37.7 Å². The minimum Gasteiger partial charge on any atom is -0.478 e. The van der Waals surface area contributed by atoms with E-state index in [2.05, 4.69) is 41.5 Å². The van der Waals surface area contributed by atoms with Crippen molar-refractivity contribution in [3.05, 3.63) is 0 Å². The molecule has 1 atom stereocenters. The second-order valence-corrected chi connectivity index (χ2v) is 8.57. The van der Waals surface area contributed by atoms with E-state index in [0.29, 0.717) is 0 Å². The molecule has 0 bridgehead atoms. The molecule has 0 aliphatic heterocycles. The van der Waals surface area contributed by atoms with E-state index in [-0.39, 0.29) is 6.29 Å². The molecule has 0 aromatic rings. The van der Waals surface area contributed by atoms with Crippen LogP contribution in [0.15, 0.2) is 0 Å². The molecule has 0 saturated carbocycles. The Labute approximate surface area is 119 Å². The second-order valence-electron chi connectivity index (χ2n) is 6.11. The van der Waals surface area contributed by atoms with Gasteiger partial charge in [-0.2, -0.15) is 0 Å². The molecule has 0 aliphatic rings. The highest BCUT2D eigenvalue weighted by Gasteiger charge is 2.26. The minimum absolute atomic E-state index is 0.0594. The molecule has 0 heterocycles. The standard InChI is InChI=1S/C7H15O2.2C4H9.Al/c1-3-5-7(8)9-6-4-2;2*1-4(2)3;/h7H,3-6H2,1-2H3;2*4H,1H2,2-3H3;/q-1;;;+1. The Bertz CT molecular complexity index is 173. The first-order valence-electron chi connectivity index (χ1n) is 7.76. The summed E-state index contributed by atoms with van der Waals surface area (Å²) in [6.07, 6.45) is 3.31. The summed E-state index contributed by atoms with van der Waals surface area (Å²) in [6, 6.07) is 0. The van der Waals surface area contributed by atoms with Crippen LogP contribution in [0.3, 0.4) is 0 Å². The zero-order valence-electron chi connectivity index (χ0n) is 13.4. The molecule has 0 aromatic carbocycles. The zero-order valence-corrected chi connectivity index (χ0v) is 14.5. The van der Waals surface area contributed by atoms with Crippen molar-refractivity contribution in [3.63, 3.8) is 0 Å². The molecule has 0 spiro atoms. The van der Waals surface area contributed by atoms with Crippen LogP contribution in [0.5, 0.6) is 0 Å². The molecular weight excluding hydrogens is 239 g/mol. The lowest BCUT2D eigenvalue weighted by Crippen LogP contribution is -2.30. The Hall–Kier alpha value is 0.452. The van der Waals surface area contributed by atoms with Crippen LogP contribution in [0.25, 0.3) is 0 Å². The normalized spacial score (nSPS) is 13.3. The van der Waals surface area contributed by atoms with Crippen LogP contribution in [-0.4, -0.2) is 27.4 Å². The van der Waals surface area contributed by atoms with Crippen molar-refractivity contribution in [1.82, 2.24) is 0 Å². The van der Waals surface area contributed by atoms with Crippen LogP contribution in [0, 0.1) is 11.8 Å². The first-order valence-corrected chi connectivity index (χ1v) is 9.87. The molecule has 0 radical (unpaired) electrons. The Balaban J connectivity index is 4.27. The average Bonchev–Trinajstić information content (AvgIpc) is 2.24. The second kappa shape index (κ2) is 11.3. The van der Waals surface area contributed by atoms with Crippen molar-refractivity contribution in [2.45, 2.75) is 77.7 Å². The summed E-state index contributed by atoms with van der Waals surface area (Å²) in [5.74, 6) is 1.49. The predicted molar refractivity (Wildman–Crippen MR) is 81.1 cm³/mol. The number of ether oxygens (including phenoxy) is 1. The van der Waals surface area contributed by atoms with Crippen molar-refractivity contribution in [2.24, 2.45) is 11.8 Å². The van der Waals surface area contributed by atoms with Gasteiger partial charge in [-0.25, -0.2) is 0 Å². The molecular formula is C15H33AlO2. The van der Waals surface area contributed by atoms with E-state index in [1.54, 1.807) is 0 Å². The minimum atomic E-state index is -1.11. The van der Waals surface area contributed by atoms with Gasteiger partial charge in [-0.05, 0) is 12.8 Å². The smallest absolute Gasteiger partial charge is 0.463 e. The highest BCUT2D eigenvalue weighted by atomic mass is 27.2. The maximum Gasteiger partial charge on any atom is 0.463 e. The Morgan fingerprint density at radius 1 is 0.889 bits per heavy atom. The van der Waals surface area contributed by atoms with Gasteiger partial charge < -0.3 is 8.53 Å². The SMILES string of the molecule is CCCOC(CCC)[O][Al]([CH2]C(C)C)[CH2]C(C)C. The summed E-state index contributed by atoms with van der Waals surface area (Å²) in [7, 11) is 0. The number of hydrogen-bond donors (Lipinski definition) is 0. The zero-order chi connectivity index (χ0) is 14.0. The summed E-state index contributed by atoms with van der Waals surface area (Å²) in [5, 5.41) is 2.54. The Kier molecular flexibility index (Phi) is 11.6. The molecule has 0 fully saturated rings. The molecule has 0 aliphatic carbocycles. The van der Waals surface area contributed by atoms with Crippen LogP contribution >= 0.6 is 0 Å². The molecule has 0 rings (SSSR count). The molecule has 0 aromatic heterocycles. The van der Waals surface area contributed by atoms with Crippen LogP contribution in [0.1, 0.15) is 60.8 Å². The monoisotopic (exact) mass is 272 g/mol. The van der Waals surface area contributed by atoms with Gasteiger partial charge in [-0.1, -0.05) is 70.4 Å². The highest BCUT2D eigenvalue weighted by molar-refractivity contribution is 6.52. The quantitative estimate of drug-likeness (QED) is 0.395. The van der Waals surface area contributed by atoms with Gasteiger partial charge in [0, 0.05) is 6.61 Å². The Morgan fingerprint density at radius 3 is 1.83 bits per heavy atom. The molecule has 1 unspecified atom stereocenters. The fraction of sp³-hybridized carbons (Fsp3) is 1.00. The summed E-state index contributed by atoms with van der Waals surface area (Å²) < 4.78 is 12.2. The maximum atomic E-state index is 6.33. The van der Waals surface area contributed by atoms with E-state index >= 15 is 0 Å². The summed E-state index contributed by atoms with van der Waals surface area (Å²) in [4.78, 5) is 0. The van der Waals surface area contributed by atoms with Gasteiger partial charge in [0.25, 0.3) is 0 Å². The maximum absolute atomic E-state index is 6.33. The molecule has 3 heteroatoms. The van der Waals surface area contributed by atoms with Gasteiger partial charge in [0.15, 0.2) is 0 Å². The van der Waals surface area contributed by atoms with Gasteiger partial charge in [-0.3, -0.25) is 0 Å². The van der Waals surface area contributed by atoms with E-state index in [1.807, 2.05) is 0 Å². The molecule has 18 heavy (non-hydrogen) atoms. The third-order valence-electron chi connectivity index (χ3n) is 2.85. The average molecular weight is 272 g/mol. The van der Waals surface area contributed by atoms with Crippen LogP contribution in [0.4, 0.5) is 0 Å². The third kappa shape index (κ3) is 10.4. The molecule has 0 saturated heterocycles. The van der Waals surface area contributed by atoms with Gasteiger partial charge in [0.05, 0.1) is 0 Å². The van der Waals surface area contributed by atoms with Gasteiger partial charge in [-0.15, -0.1) is 0 Å². The molecule has 108 valence electrons. The van der Waals surface area contributed by atoms with E-state index in [9.17, 15) is 0 Å². The molecule has 0 N–H and O–H groups in total. The first-order chi connectivity index (χ1) is 8.49. The van der Waals surface area contributed by atoms with Crippen LogP contribution < -0.4 is 0 Å². The molecule has 0 amide bonds. The van der Waals surface area contributed by atoms with E-state index < -0.39 is 14.5 Å². The summed E-state index contributed by atoms with van der Waals surface area (Å²) in [5.41, 5.74) is 0. The predicted octanol–water partition coefficient (Wildman–Crippen LogP) is 4.86. The van der Waals surface area contributed by atoms with Crippen molar-refractivity contribution in [1.29, 1.82) is 0 Å². The van der Waals surface area contributed by atoms with Crippen molar-refractivity contribution < 1.29 is 8.53 Å². The van der Waals surface area contributed by atoms with Crippen LogP contribution in [-0.2, 0) is 8.53 Å². The van der Waals surface area contributed by atoms with Crippen molar-refractivity contribution in [2.75, 3.05) is 6.61 Å². The summed E-state index contributed by atoms with van der Waals surface area (Å²) >= 11 is -1.11. The van der Waals surface area contributed by atoms with E-state index in [1.165, 1.54) is 10.6 Å². The summed E-state index contributed by atoms with van der Waals surface area (Å²) in [6.45, 7) is 14.4. The van der Waals surface area contributed by atoms with Gasteiger partial charge >= 0.3 is 14.5 Å². The largest absolute Gasteiger partial charge is 0.478 e. The van der Waals surface area contributed by atoms with E-state index in [4.69, 9.17) is 8.53 Å². The third-order valence-corrected chi connectivity index (χ3v) is 6.47. The Morgan fingerprint density at radius 2 is 1.44 bits per heavy atom. The lowest BCUT2D eigenvalue weighted by molar-refractivity contribution is -0.0880. The number of hydrogen-bond acceptors (Lipinski definition) is 2. The first kappa shape index (κ1) is 18.5. The van der Waals surface area contributed by atoms with Crippen LogP contribution in [0.2, 0.25) is 10.6 Å². The van der Waals surface area contributed by atoms with Gasteiger partial charge in [0.2, 0.25) is 0 Å². The van der Waals surface area contributed by atoms with Gasteiger partial charge in [0.1, 0.15) is 6.29 Å². The number of rotatable bonds is 11. The molecule has 2 nitrogen and oxygen atoms in total. The fourth-order valence-corrected chi connectivity index (χ4v) is 5.31.